The van der Waals surface area contributed by atoms with Crippen molar-refractivity contribution in [3.63, 3.8) is 0 Å². The first-order chi connectivity index (χ1) is 13.4. The minimum absolute atomic E-state index is 0.161. The summed E-state index contributed by atoms with van der Waals surface area (Å²) in [4.78, 5) is 23.2. The highest BCUT2D eigenvalue weighted by Gasteiger charge is 2.29. The van der Waals surface area contributed by atoms with Gasteiger partial charge in [0.05, 0.1) is 27.8 Å². The second kappa shape index (κ2) is 7.01. The standard InChI is InChI=1S/C19H16N4O4S/c1-12-5-2-3-8-17(12)22-18(15-10-28(27)11-16(15)21-22)20-19(24)13-6-4-7-14(9-13)23(25)26/h2-9H,10-11H2,1H3,(H,20,24)/t28-/m1/s1. The highest BCUT2D eigenvalue weighted by Crippen LogP contribution is 2.32. The number of aromatic nitrogens is 2. The van der Waals surface area contributed by atoms with Crippen LogP contribution in [-0.2, 0) is 22.3 Å². The van der Waals surface area contributed by atoms with Gasteiger partial charge in [-0.2, -0.15) is 5.10 Å². The van der Waals surface area contributed by atoms with Gasteiger partial charge in [0, 0.05) is 34.1 Å². The maximum absolute atomic E-state index is 12.8. The summed E-state index contributed by atoms with van der Waals surface area (Å²) in [6, 6.07) is 13.1. The molecule has 0 radical (unpaired) electrons. The number of nitro benzene ring substituents is 1. The van der Waals surface area contributed by atoms with E-state index in [4.69, 9.17) is 0 Å². The Kier molecular flexibility index (Phi) is 4.52. The van der Waals surface area contributed by atoms with Gasteiger partial charge in [-0.15, -0.1) is 0 Å². The highest BCUT2D eigenvalue weighted by molar-refractivity contribution is 7.83. The molecule has 0 bridgehead atoms. The van der Waals surface area contributed by atoms with Crippen molar-refractivity contribution in [1.82, 2.24) is 9.78 Å². The van der Waals surface area contributed by atoms with Crippen LogP contribution in [0.1, 0.15) is 27.2 Å². The van der Waals surface area contributed by atoms with Crippen LogP contribution < -0.4 is 5.32 Å². The van der Waals surface area contributed by atoms with Gasteiger partial charge >= 0.3 is 0 Å². The lowest BCUT2D eigenvalue weighted by Gasteiger charge is -2.13. The van der Waals surface area contributed by atoms with Gasteiger partial charge in [0.1, 0.15) is 5.82 Å². The minimum atomic E-state index is -1.05. The fourth-order valence-electron chi connectivity index (χ4n) is 3.17. The summed E-state index contributed by atoms with van der Waals surface area (Å²) in [5.74, 6) is 0.616. The van der Waals surface area contributed by atoms with E-state index in [9.17, 15) is 19.1 Å². The molecule has 0 spiro atoms. The largest absolute Gasteiger partial charge is 0.306 e. The van der Waals surface area contributed by atoms with Gasteiger partial charge in [-0.05, 0) is 24.6 Å². The molecule has 2 aromatic carbocycles. The third kappa shape index (κ3) is 3.20. The first-order valence-corrected chi connectivity index (χ1v) is 10.0. The predicted molar refractivity (Wildman–Crippen MR) is 105 cm³/mol. The molecular formula is C19H16N4O4S. The SMILES string of the molecule is Cc1ccccc1-n1nc2c(c1NC(=O)c1cccc([N+](=O)[O-])c1)C[S@@](=O)C2. The molecule has 3 aromatic rings. The lowest BCUT2D eigenvalue weighted by Crippen LogP contribution is -2.17. The van der Waals surface area contributed by atoms with E-state index in [-0.39, 0.29) is 11.3 Å². The van der Waals surface area contributed by atoms with Gasteiger partial charge in [0.2, 0.25) is 0 Å². The zero-order valence-electron chi connectivity index (χ0n) is 14.9. The maximum Gasteiger partial charge on any atom is 0.270 e. The van der Waals surface area contributed by atoms with Crippen molar-refractivity contribution >= 4 is 28.2 Å². The summed E-state index contributed by atoms with van der Waals surface area (Å²) in [5, 5.41) is 18.4. The quantitative estimate of drug-likeness (QED) is 0.539. The van der Waals surface area contributed by atoms with Crippen LogP contribution in [-0.4, -0.2) is 24.8 Å². The van der Waals surface area contributed by atoms with E-state index in [0.29, 0.717) is 23.0 Å². The first-order valence-electron chi connectivity index (χ1n) is 8.51. The number of benzene rings is 2. The number of nitro groups is 1. The van der Waals surface area contributed by atoms with Gasteiger partial charge in [-0.3, -0.25) is 19.1 Å². The number of hydrogen-bond acceptors (Lipinski definition) is 5. The van der Waals surface area contributed by atoms with Gasteiger partial charge < -0.3 is 5.32 Å². The lowest BCUT2D eigenvalue weighted by atomic mass is 10.2. The fraction of sp³-hybridized carbons (Fsp3) is 0.158. The van der Waals surface area contributed by atoms with Crippen LogP contribution in [0.2, 0.25) is 0 Å². The zero-order valence-corrected chi connectivity index (χ0v) is 15.7. The number of anilines is 1. The molecule has 28 heavy (non-hydrogen) atoms. The summed E-state index contributed by atoms with van der Waals surface area (Å²) in [6.07, 6.45) is 0. The van der Waals surface area contributed by atoms with Crippen molar-refractivity contribution < 1.29 is 13.9 Å². The molecule has 1 atom stereocenters. The van der Waals surface area contributed by atoms with Crippen molar-refractivity contribution in [1.29, 1.82) is 0 Å². The van der Waals surface area contributed by atoms with E-state index in [1.165, 1.54) is 24.3 Å². The maximum atomic E-state index is 12.8. The molecule has 1 N–H and O–H groups in total. The van der Waals surface area contributed by atoms with E-state index in [1.807, 2.05) is 31.2 Å². The van der Waals surface area contributed by atoms with Crippen molar-refractivity contribution in [2.24, 2.45) is 0 Å². The summed E-state index contributed by atoms with van der Waals surface area (Å²) in [6.45, 7) is 1.94. The van der Waals surface area contributed by atoms with Crippen LogP contribution in [0.25, 0.3) is 5.69 Å². The Morgan fingerprint density at radius 3 is 2.75 bits per heavy atom. The Bertz CT molecular complexity index is 1140. The Labute approximate surface area is 162 Å². The summed E-state index contributed by atoms with van der Waals surface area (Å²) in [7, 11) is -1.05. The number of para-hydroxylation sites is 1. The van der Waals surface area contributed by atoms with E-state index in [1.54, 1.807) is 4.68 Å². The third-order valence-electron chi connectivity index (χ3n) is 4.56. The number of nitrogens with one attached hydrogen (secondary N) is 1. The van der Waals surface area contributed by atoms with Crippen molar-refractivity contribution in [2.75, 3.05) is 5.32 Å². The summed E-state index contributed by atoms with van der Waals surface area (Å²) >= 11 is 0. The van der Waals surface area contributed by atoms with Crippen LogP contribution in [0.4, 0.5) is 11.5 Å². The van der Waals surface area contributed by atoms with Gasteiger partial charge in [-0.1, -0.05) is 24.3 Å². The number of non-ortho nitro benzene ring substituents is 1. The fourth-order valence-corrected chi connectivity index (χ4v) is 4.44. The third-order valence-corrected chi connectivity index (χ3v) is 5.77. The minimum Gasteiger partial charge on any atom is -0.306 e. The highest BCUT2D eigenvalue weighted by atomic mass is 32.2. The van der Waals surface area contributed by atoms with Crippen LogP contribution in [0, 0.1) is 17.0 Å². The Morgan fingerprint density at radius 1 is 1.21 bits per heavy atom. The number of nitrogens with zero attached hydrogens (tertiary/aromatic N) is 3. The monoisotopic (exact) mass is 396 g/mol. The second-order valence-electron chi connectivity index (χ2n) is 6.46. The summed E-state index contributed by atoms with van der Waals surface area (Å²) in [5.41, 5.74) is 3.20. The smallest absolute Gasteiger partial charge is 0.270 e. The summed E-state index contributed by atoms with van der Waals surface area (Å²) < 4.78 is 13.6. The number of hydrogen-bond donors (Lipinski definition) is 1. The molecule has 0 aliphatic carbocycles. The number of carbonyl (C=O) groups is 1. The van der Waals surface area contributed by atoms with Gasteiger partial charge in [0.15, 0.2) is 0 Å². The molecule has 0 saturated heterocycles. The molecule has 9 heteroatoms. The van der Waals surface area contributed by atoms with Crippen molar-refractivity contribution in [3.8, 4) is 5.69 Å². The van der Waals surface area contributed by atoms with E-state index < -0.39 is 21.6 Å². The van der Waals surface area contributed by atoms with E-state index in [2.05, 4.69) is 10.4 Å². The zero-order chi connectivity index (χ0) is 19.8. The van der Waals surface area contributed by atoms with Crippen LogP contribution >= 0.6 is 0 Å². The lowest BCUT2D eigenvalue weighted by molar-refractivity contribution is -0.384. The molecule has 8 nitrogen and oxygen atoms in total. The number of fused-ring (bicyclic) bond motifs is 1. The average Bonchev–Trinajstić information content (AvgIpc) is 3.19. The number of rotatable bonds is 4. The molecule has 2 heterocycles. The number of carbonyl (C=O) groups excluding carboxylic acids is 1. The molecular weight excluding hydrogens is 380 g/mol. The predicted octanol–water partition coefficient (Wildman–Crippen LogP) is 3.10. The second-order valence-corrected chi connectivity index (χ2v) is 7.92. The number of amides is 1. The molecule has 1 amide bonds. The Hall–Kier alpha value is -3.33. The van der Waals surface area contributed by atoms with Crippen LogP contribution in [0.3, 0.4) is 0 Å². The normalized spacial score (nSPS) is 15.2. The molecule has 142 valence electrons. The molecule has 0 fully saturated rings. The van der Waals surface area contributed by atoms with Crippen LogP contribution in [0.5, 0.6) is 0 Å². The molecule has 1 aromatic heterocycles. The first kappa shape index (κ1) is 18.1. The molecule has 1 aliphatic heterocycles. The molecule has 0 saturated carbocycles. The van der Waals surface area contributed by atoms with Crippen molar-refractivity contribution in [2.45, 2.75) is 18.4 Å². The van der Waals surface area contributed by atoms with Gasteiger partial charge in [0.25, 0.3) is 11.6 Å². The average molecular weight is 396 g/mol. The number of aryl methyl sites for hydroxylation is 1. The van der Waals surface area contributed by atoms with Gasteiger partial charge in [-0.25, -0.2) is 4.68 Å². The molecule has 1 aliphatic rings. The van der Waals surface area contributed by atoms with E-state index >= 15 is 0 Å². The van der Waals surface area contributed by atoms with Crippen molar-refractivity contribution in [3.05, 3.63) is 81.0 Å². The molecule has 4 rings (SSSR count). The Balaban J connectivity index is 1.76. The topological polar surface area (TPSA) is 107 Å². The molecule has 0 unspecified atom stereocenters. The van der Waals surface area contributed by atoms with Crippen LogP contribution in [0.15, 0.2) is 48.5 Å². The van der Waals surface area contributed by atoms with E-state index in [0.717, 1.165) is 16.8 Å². The Morgan fingerprint density at radius 2 is 2.00 bits per heavy atom.